The summed E-state index contributed by atoms with van der Waals surface area (Å²) in [4.78, 5) is 15.4. The first-order valence-corrected chi connectivity index (χ1v) is 18.4. The number of pyridine rings is 1. The maximum atomic E-state index is 16.1. The number of aliphatic hydroxyl groups is 2. The van der Waals surface area contributed by atoms with Gasteiger partial charge in [-0.3, -0.25) is 4.90 Å². The molecule has 8 nitrogen and oxygen atoms in total. The van der Waals surface area contributed by atoms with Gasteiger partial charge in [0, 0.05) is 30.9 Å². The Kier molecular flexibility index (Phi) is 15.2. The largest absolute Gasteiger partial charge is 0.467 e. The van der Waals surface area contributed by atoms with E-state index in [1.165, 1.54) is 32.2 Å². The highest BCUT2D eigenvalue weighted by Crippen LogP contribution is 2.37. The zero-order valence-electron chi connectivity index (χ0n) is 31.1. The van der Waals surface area contributed by atoms with Gasteiger partial charge in [0.15, 0.2) is 5.82 Å². The minimum atomic E-state index is -0.950. The molecule has 0 aliphatic carbocycles. The third kappa shape index (κ3) is 9.18. The Labute approximate surface area is 305 Å². The Morgan fingerprint density at radius 1 is 1.04 bits per heavy atom. The Hall–Kier alpha value is -4.32. The van der Waals surface area contributed by atoms with Gasteiger partial charge in [0.1, 0.15) is 35.1 Å². The van der Waals surface area contributed by atoms with Crippen molar-refractivity contribution in [2.75, 3.05) is 38.7 Å². The van der Waals surface area contributed by atoms with Crippen molar-refractivity contribution in [3.8, 4) is 17.3 Å². The molecule has 5 aromatic rings. The second-order valence-electron chi connectivity index (χ2n) is 12.3. The lowest BCUT2D eigenvalue weighted by Crippen LogP contribution is -2.22. The number of nitrogens with zero attached hydrogens (tertiary/aromatic N) is 4. The molecule has 2 fully saturated rings. The molecule has 0 amide bonds. The summed E-state index contributed by atoms with van der Waals surface area (Å²) < 4.78 is 48.6. The van der Waals surface area contributed by atoms with Crippen LogP contribution in [0.1, 0.15) is 76.7 Å². The van der Waals surface area contributed by atoms with Crippen molar-refractivity contribution in [1.29, 1.82) is 0 Å². The maximum Gasteiger partial charge on any atom is 0.316 e. The molecule has 2 aliphatic heterocycles. The fourth-order valence-corrected chi connectivity index (χ4v) is 6.84. The fraction of sp³-hybridized carbons (Fsp3) is 0.439. The van der Waals surface area contributed by atoms with Gasteiger partial charge < -0.3 is 20.3 Å². The van der Waals surface area contributed by atoms with E-state index in [0.717, 1.165) is 23.9 Å². The number of benzene rings is 3. The lowest BCUT2D eigenvalue weighted by Gasteiger charge is -2.16. The summed E-state index contributed by atoms with van der Waals surface area (Å²) in [7, 11) is 1.41. The number of aliphatic hydroxyl groups excluding tert-OH is 2. The lowest BCUT2D eigenvalue weighted by molar-refractivity contribution is 0.0955. The number of hydrogen-bond acceptors (Lipinski definition) is 8. The van der Waals surface area contributed by atoms with Gasteiger partial charge in [0.2, 0.25) is 0 Å². The summed E-state index contributed by atoms with van der Waals surface area (Å²) in [5, 5.41) is 24.3. The number of fused-ring (bicyclic) bond motifs is 3. The Bertz CT molecular complexity index is 1900. The predicted octanol–water partition coefficient (Wildman–Crippen LogP) is 8.62. The smallest absolute Gasteiger partial charge is 0.316 e. The second kappa shape index (κ2) is 19.5. The second-order valence-corrected chi connectivity index (χ2v) is 12.3. The maximum absolute atomic E-state index is 16.1. The van der Waals surface area contributed by atoms with Crippen LogP contribution in [-0.2, 0) is 12.8 Å². The molecular weight excluding hydrogens is 667 g/mol. The summed E-state index contributed by atoms with van der Waals surface area (Å²) in [5.74, 6) is -0.627. The minimum absolute atomic E-state index is 0.0157. The third-order valence-electron chi connectivity index (χ3n) is 9.22. The average Bonchev–Trinajstić information content (AvgIpc) is 3.78. The van der Waals surface area contributed by atoms with Crippen LogP contribution in [-0.4, -0.2) is 75.6 Å². The summed E-state index contributed by atoms with van der Waals surface area (Å²) in [6, 6.07) is 16.4. The van der Waals surface area contributed by atoms with Crippen LogP contribution in [0.4, 0.5) is 19.0 Å². The number of methoxy groups -OCH3 is 1. The van der Waals surface area contributed by atoms with E-state index in [9.17, 15) is 19.0 Å². The van der Waals surface area contributed by atoms with E-state index in [1.54, 1.807) is 24.3 Å². The van der Waals surface area contributed by atoms with Gasteiger partial charge in [-0.1, -0.05) is 83.1 Å². The molecule has 280 valence electrons. The van der Waals surface area contributed by atoms with Crippen LogP contribution in [0.25, 0.3) is 32.9 Å². The van der Waals surface area contributed by atoms with E-state index in [0.29, 0.717) is 65.3 Å². The summed E-state index contributed by atoms with van der Waals surface area (Å²) in [5.41, 5.74) is 2.60. The van der Waals surface area contributed by atoms with E-state index < -0.39 is 18.1 Å². The zero-order valence-corrected chi connectivity index (χ0v) is 31.1. The highest BCUT2D eigenvalue weighted by molar-refractivity contribution is 6.01. The first kappa shape index (κ1) is 40.5. The van der Waals surface area contributed by atoms with Crippen molar-refractivity contribution in [3.63, 3.8) is 0 Å². The Morgan fingerprint density at radius 3 is 2.52 bits per heavy atom. The van der Waals surface area contributed by atoms with Crippen molar-refractivity contribution in [1.82, 2.24) is 19.9 Å². The average molecular weight is 720 g/mol. The number of rotatable bonds is 9. The van der Waals surface area contributed by atoms with Gasteiger partial charge in [0.25, 0.3) is 0 Å². The molecule has 3 N–H and O–H groups in total. The van der Waals surface area contributed by atoms with Crippen molar-refractivity contribution in [3.05, 3.63) is 89.1 Å². The fourth-order valence-electron chi connectivity index (χ4n) is 6.84. The van der Waals surface area contributed by atoms with Crippen LogP contribution in [0, 0.1) is 11.6 Å². The zero-order chi connectivity index (χ0) is 37.8. The van der Waals surface area contributed by atoms with E-state index >= 15 is 4.39 Å². The van der Waals surface area contributed by atoms with Crippen LogP contribution in [0.15, 0.2) is 60.8 Å². The van der Waals surface area contributed by atoms with Gasteiger partial charge in [0.05, 0.1) is 19.1 Å². The Balaban J connectivity index is 0.000000394. The van der Waals surface area contributed by atoms with E-state index in [4.69, 9.17) is 4.74 Å². The highest BCUT2D eigenvalue weighted by atomic mass is 19.1. The van der Waals surface area contributed by atoms with Crippen LogP contribution in [0.2, 0.25) is 0 Å². The molecule has 3 unspecified atom stereocenters. The molecule has 3 aromatic carbocycles. The van der Waals surface area contributed by atoms with Gasteiger partial charge in [-0.2, -0.15) is 4.98 Å². The number of halogens is 3. The molecule has 0 saturated carbocycles. The topological polar surface area (TPSA) is 104 Å². The predicted molar refractivity (Wildman–Crippen MR) is 204 cm³/mol. The molecule has 11 heteroatoms. The van der Waals surface area contributed by atoms with Crippen LogP contribution >= 0.6 is 0 Å². The molecule has 52 heavy (non-hydrogen) atoms. The van der Waals surface area contributed by atoms with Crippen molar-refractivity contribution in [2.45, 2.75) is 85.0 Å². The summed E-state index contributed by atoms with van der Waals surface area (Å²) >= 11 is 0. The molecule has 2 saturated heterocycles. The van der Waals surface area contributed by atoms with E-state index in [1.807, 2.05) is 58.9 Å². The molecule has 3 atom stereocenters. The quantitative estimate of drug-likeness (QED) is 0.139. The highest BCUT2D eigenvalue weighted by Gasteiger charge is 2.34. The first-order chi connectivity index (χ1) is 25.3. The third-order valence-corrected chi connectivity index (χ3v) is 9.22. The molecule has 2 aliphatic rings. The normalized spacial score (nSPS) is 16.9. The number of ether oxygens (including phenoxy) is 1. The van der Waals surface area contributed by atoms with Crippen molar-refractivity contribution >= 4 is 27.5 Å². The molecular formula is C41H52F3N5O3. The monoisotopic (exact) mass is 719 g/mol. The van der Waals surface area contributed by atoms with Crippen LogP contribution in [0.5, 0.6) is 6.01 Å². The minimum Gasteiger partial charge on any atom is -0.467 e. The number of aryl methyl sites for hydroxylation is 1. The number of hydrogen-bond donors (Lipinski definition) is 3. The lowest BCUT2D eigenvalue weighted by atomic mass is 9.95. The first-order valence-electron chi connectivity index (χ1n) is 18.4. The van der Waals surface area contributed by atoms with E-state index in [2.05, 4.69) is 25.2 Å². The van der Waals surface area contributed by atoms with Crippen LogP contribution < -0.4 is 10.1 Å². The van der Waals surface area contributed by atoms with Gasteiger partial charge in [-0.15, -0.1) is 0 Å². The van der Waals surface area contributed by atoms with E-state index in [-0.39, 0.29) is 29.6 Å². The summed E-state index contributed by atoms with van der Waals surface area (Å²) in [6.07, 6.45) is 4.32. The Morgan fingerprint density at radius 2 is 1.81 bits per heavy atom. The molecule has 2 aromatic heterocycles. The molecule has 7 rings (SSSR count). The molecule has 0 spiro atoms. The van der Waals surface area contributed by atoms with Crippen molar-refractivity contribution in [2.24, 2.45) is 0 Å². The number of aromatic nitrogens is 3. The van der Waals surface area contributed by atoms with Gasteiger partial charge in [-0.05, 0) is 72.2 Å². The molecule has 0 bridgehead atoms. The summed E-state index contributed by atoms with van der Waals surface area (Å²) in [6.45, 7) is 11.8. The number of anilines is 1. The van der Waals surface area contributed by atoms with Gasteiger partial charge in [-0.25, -0.2) is 23.1 Å². The molecule has 4 heterocycles. The standard InChI is InChI=1S/C30H28F2N4O3.C7H12FN.2C2H6/c1-3-20-23(31)11-10-18-7-5-9-21(25(18)20)27-26(32)28-22(15-34-30(36-28)39-2)29(35-27)33-13-12-17-6-4-8-19(14-17)24(38)16-37;8-6-4-7-2-1-3-9(7)5-6;2*1-2/h4-11,14-15,24,37-38H,3,12-13,16H2,1-2H3,(H,33,35);6-7H,1-5H2;2*1-2H3. The van der Waals surface area contributed by atoms with Crippen molar-refractivity contribution < 1.29 is 28.1 Å². The molecule has 0 radical (unpaired) electrons. The van der Waals surface area contributed by atoms with Crippen LogP contribution in [0.3, 0.4) is 0 Å². The SMILES string of the molecule is CC.CC.CCc1c(F)ccc2cccc(-c3nc(NCCc4cccc(C(O)CO)c4)c4cnc(OC)nc4c3F)c12.FC1CC2CCCN2C1. The number of alkyl halides is 1. The van der Waals surface area contributed by atoms with Gasteiger partial charge >= 0.3 is 6.01 Å². The number of nitrogens with one attached hydrogen (secondary N) is 1.